The van der Waals surface area contributed by atoms with E-state index >= 15 is 0 Å². The van der Waals surface area contributed by atoms with Gasteiger partial charge in [0, 0.05) is 72.1 Å². The summed E-state index contributed by atoms with van der Waals surface area (Å²) in [4.78, 5) is 43.4. The summed E-state index contributed by atoms with van der Waals surface area (Å²) in [5.74, 6) is -0.512. The van der Waals surface area contributed by atoms with Gasteiger partial charge < -0.3 is 44.4 Å². The Bertz CT molecular complexity index is 2010. The van der Waals surface area contributed by atoms with Gasteiger partial charge in [-0.1, -0.05) is 6.58 Å². The number of aryl methyl sites for hydroxylation is 1. The van der Waals surface area contributed by atoms with Crippen molar-refractivity contribution < 1.29 is 53.0 Å². The number of aliphatic hydroxyl groups is 1. The van der Waals surface area contributed by atoms with Crippen LogP contribution in [0.3, 0.4) is 0 Å². The van der Waals surface area contributed by atoms with Crippen LogP contribution in [0.2, 0.25) is 0 Å². The van der Waals surface area contributed by atoms with E-state index < -0.39 is 64.3 Å². The van der Waals surface area contributed by atoms with Crippen LogP contribution >= 0.6 is 11.8 Å². The highest BCUT2D eigenvalue weighted by molar-refractivity contribution is 7.99. The molecule has 3 fully saturated rings. The Morgan fingerprint density at radius 2 is 1.85 bits per heavy atom. The first-order chi connectivity index (χ1) is 25.0. The van der Waals surface area contributed by atoms with Gasteiger partial charge in [-0.3, -0.25) is 24.7 Å². The molecule has 5 N–H and O–H groups in total. The molecular weight excluding hydrogens is 708 g/mol. The summed E-state index contributed by atoms with van der Waals surface area (Å²) < 4.78 is 35.5. The molecule has 2 aromatic carbocycles. The third kappa shape index (κ3) is 4.78. The van der Waals surface area contributed by atoms with E-state index in [1.807, 2.05) is 17.9 Å². The number of rotatable bonds is 6. The van der Waals surface area contributed by atoms with Gasteiger partial charge in [0.25, 0.3) is 0 Å². The molecule has 0 radical (unpaired) electrons. The zero-order valence-corrected chi connectivity index (χ0v) is 31.5. The lowest BCUT2D eigenvalue weighted by atomic mass is 9.75. The highest BCUT2D eigenvalue weighted by Gasteiger charge is 2.72. The number of nitrogens with two attached hydrogens (primary N) is 1. The Balaban J connectivity index is 1.42. The smallest absolute Gasteiger partial charge is 0.333 e. The molecule has 4 bridgehead atoms. The number of ether oxygens (including phenoxy) is 6. The van der Waals surface area contributed by atoms with E-state index in [0.717, 1.165) is 11.1 Å². The van der Waals surface area contributed by atoms with Crippen LogP contribution in [-0.4, -0.2) is 94.3 Å². The first-order valence-electron chi connectivity index (χ1n) is 17.5. The normalized spacial score (nSPS) is 32.6. The van der Waals surface area contributed by atoms with E-state index in [-0.39, 0.29) is 49.3 Å². The number of carbonyl (C=O) groups is 3. The number of esters is 3. The molecule has 0 aromatic heterocycles. The molecule has 3 unspecified atom stereocenters. The van der Waals surface area contributed by atoms with E-state index in [0.29, 0.717) is 39.5 Å². The highest BCUT2D eigenvalue weighted by atomic mass is 32.2. The summed E-state index contributed by atoms with van der Waals surface area (Å²) in [5, 5.41) is 27.4. The monoisotopic (exact) mass is 752 g/mol. The zero-order chi connectivity index (χ0) is 38.1. The first kappa shape index (κ1) is 35.8. The van der Waals surface area contributed by atoms with Crippen LogP contribution in [0.5, 0.6) is 28.7 Å². The molecule has 0 aliphatic carbocycles. The van der Waals surface area contributed by atoms with Crippen LogP contribution < -0.4 is 30.0 Å². The van der Waals surface area contributed by atoms with Gasteiger partial charge in [-0.15, -0.1) is 11.8 Å². The number of fused-ring (bicyclic) bond motifs is 10. The van der Waals surface area contributed by atoms with Crippen LogP contribution in [0.4, 0.5) is 0 Å². The van der Waals surface area contributed by atoms with Gasteiger partial charge in [0.2, 0.25) is 6.79 Å². The van der Waals surface area contributed by atoms with E-state index in [1.165, 1.54) is 32.7 Å². The van der Waals surface area contributed by atoms with Crippen LogP contribution in [-0.2, 0) is 29.4 Å². The zero-order valence-electron chi connectivity index (χ0n) is 30.7. The fourth-order valence-corrected chi connectivity index (χ4v) is 11.7. The molecule has 0 saturated carbocycles. The second-order valence-corrected chi connectivity index (χ2v) is 16.2. The number of thioether (sulfide) groups is 1. The van der Waals surface area contributed by atoms with E-state index in [1.54, 1.807) is 13.8 Å². The number of phenolic OH excluding ortho intramolecular Hbond substituents is 1. The maximum atomic E-state index is 14.4. The molecule has 2 aromatic rings. The van der Waals surface area contributed by atoms with E-state index in [9.17, 15) is 24.6 Å². The molecule has 53 heavy (non-hydrogen) atoms. The van der Waals surface area contributed by atoms with Crippen molar-refractivity contribution in [2.45, 2.75) is 94.4 Å². The Labute approximate surface area is 310 Å². The second kappa shape index (κ2) is 11.9. The van der Waals surface area contributed by atoms with Crippen LogP contribution in [0.25, 0.3) is 0 Å². The van der Waals surface area contributed by atoms with Crippen LogP contribution in [0.1, 0.15) is 84.8 Å². The Morgan fingerprint density at radius 3 is 2.51 bits per heavy atom. The molecule has 7 aliphatic rings. The molecule has 3 saturated heterocycles. The predicted octanol–water partition coefficient (Wildman–Crippen LogP) is 2.82. The molecule has 16 heteroatoms. The molecule has 7 heterocycles. The average molecular weight is 753 g/mol. The van der Waals surface area contributed by atoms with Crippen molar-refractivity contribution >= 4 is 29.7 Å². The van der Waals surface area contributed by atoms with Gasteiger partial charge in [0.05, 0.1) is 24.4 Å². The minimum Gasteiger partial charge on any atom is -0.504 e. The van der Waals surface area contributed by atoms with Crippen molar-refractivity contribution in [3.8, 4) is 28.7 Å². The molecule has 7 aliphatic heterocycles. The topological polar surface area (TPSA) is 192 Å². The number of methoxy groups -OCH3 is 1. The number of nitrogens with zero attached hydrogens (tertiary/aromatic N) is 2. The number of hydrogen-bond donors (Lipinski definition) is 4. The Hall–Kier alpha value is -4.22. The van der Waals surface area contributed by atoms with Crippen molar-refractivity contribution in [1.29, 1.82) is 0 Å². The lowest BCUT2D eigenvalue weighted by molar-refractivity contribution is -0.195. The molecule has 284 valence electrons. The molecule has 9 rings (SSSR count). The number of carbonyl (C=O) groups excluding carboxylic acids is 3. The van der Waals surface area contributed by atoms with E-state index in [4.69, 9.17) is 34.2 Å². The quantitative estimate of drug-likeness (QED) is 0.191. The van der Waals surface area contributed by atoms with Gasteiger partial charge in [-0.2, -0.15) is 0 Å². The third-order valence-corrected chi connectivity index (χ3v) is 13.3. The number of piperazine rings is 1. The van der Waals surface area contributed by atoms with Gasteiger partial charge in [0.15, 0.2) is 34.8 Å². The number of benzene rings is 2. The van der Waals surface area contributed by atoms with Gasteiger partial charge in [-0.05, 0) is 44.9 Å². The third-order valence-electron chi connectivity index (χ3n) is 11.8. The average Bonchev–Trinajstić information content (AvgIpc) is 3.71. The number of hydrogen-bond acceptors (Lipinski definition) is 16. The lowest BCUT2D eigenvalue weighted by Gasteiger charge is -2.59. The fourth-order valence-electron chi connectivity index (χ4n) is 9.98. The second-order valence-electron chi connectivity index (χ2n) is 15.1. The number of nitrogens with one attached hydrogen (secondary N) is 1. The summed E-state index contributed by atoms with van der Waals surface area (Å²) in [6, 6.07) is 0.0230. The Kier molecular flexibility index (Phi) is 8.03. The van der Waals surface area contributed by atoms with E-state index in [2.05, 4.69) is 23.7 Å². The molecule has 8 atom stereocenters. The maximum absolute atomic E-state index is 14.4. The summed E-state index contributed by atoms with van der Waals surface area (Å²) >= 11 is 1.32. The molecule has 0 spiro atoms. The van der Waals surface area contributed by atoms with Crippen LogP contribution in [0, 0.1) is 13.8 Å². The van der Waals surface area contributed by atoms with Crippen molar-refractivity contribution in [3.63, 3.8) is 0 Å². The van der Waals surface area contributed by atoms with Gasteiger partial charge in [-0.25, -0.2) is 4.79 Å². The standard InChI is InChI=1S/C37H44N4O11S/c1-15-9-21-23(28(44)29(15)47-8)26-27-33-25-24(32-31(49-14-50-32)16(2)30(25)52-20(6)43)22(41(27)36(46)11-35(21,7)40(26)12-36)10-48-34(45)37(13-53-33,17(3)38)39-18(4)51-19(5)42/h9,18,22,26-27,33,39,44,46H,3,10-14,38H2,1-2,4-8H3/t18?,22-,26+,27+,33+,35?,36?,37+/m0/s1. The van der Waals surface area contributed by atoms with Crippen molar-refractivity contribution in [2.24, 2.45) is 5.73 Å². The Morgan fingerprint density at radius 1 is 1.13 bits per heavy atom. The van der Waals surface area contributed by atoms with Gasteiger partial charge in [0.1, 0.15) is 18.1 Å². The first-order valence-corrected chi connectivity index (χ1v) is 18.6. The maximum Gasteiger partial charge on any atom is 0.333 e. The highest BCUT2D eigenvalue weighted by Crippen LogP contribution is 2.70. The SMILES string of the molecule is C=C(N)[C@]1(NC(C)OC(C)=O)CS[C@@H]2c3c(OC(C)=O)c(C)c4c(c3[C@H](COC1=O)N1[C@@H]2[C@H]2c3c(cc(C)c(OC)c3O)C3(C)CC1(O)CN23)OCO4. The summed E-state index contributed by atoms with van der Waals surface area (Å²) in [6.45, 7) is 13.7. The van der Waals surface area contributed by atoms with Crippen LogP contribution in [0.15, 0.2) is 18.3 Å². The minimum atomic E-state index is -1.75. The summed E-state index contributed by atoms with van der Waals surface area (Å²) in [5.41, 5.74) is 6.56. The van der Waals surface area contributed by atoms with Crippen molar-refractivity contribution in [1.82, 2.24) is 15.1 Å². The molecule has 0 amide bonds. The van der Waals surface area contributed by atoms with Crippen molar-refractivity contribution in [3.05, 3.63) is 51.7 Å². The molecular formula is C37H44N4O11S. The fraction of sp³-hybridized carbons (Fsp3) is 0.541. The summed E-state index contributed by atoms with van der Waals surface area (Å²) in [7, 11) is 1.52. The minimum absolute atomic E-state index is 0.0155. The largest absolute Gasteiger partial charge is 0.504 e. The number of aromatic hydroxyl groups is 1. The van der Waals surface area contributed by atoms with Gasteiger partial charge >= 0.3 is 17.9 Å². The van der Waals surface area contributed by atoms with Crippen molar-refractivity contribution in [2.75, 3.05) is 32.8 Å². The molecule has 15 nitrogen and oxygen atoms in total. The lowest BCUT2D eigenvalue weighted by Crippen LogP contribution is -2.68. The number of phenols is 1. The predicted molar refractivity (Wildman–Crippen MR) is 189 cm³/mol. The summed E-state index contributed by atoms with van der Waals surface area (Å²) in [6.07, 6.45) is -0.694.